The molecule has 2 unspecified atom stereocenters. The van der Waals surface area contributed by atoms with E-state index in [1.807, 2.05) is 0 Å². The van der Waals surface area contributed by atoms with Crippen molar-refractivity contribution < 1.29 is 4.74 Å². The first-order valence-electron chi connectivity index (χ1n) is 7.77. The molecule has 0 amide bonds. The van der Waals surface area contributed by atoms with Gasteiger partial charge in [-0.05, 0) is 58.7 Å². The minimum Gasteiger partial charge on any atom is -0.375 e. The van der Waals surface area contributed by atoms with E-state index in [1.54, 1.807) is 0 Å². The largest absolute Gasteiger partial charge is 0.375 e. The van der Waals surface area contributed by atoms with Crippen molar-refractivity contribution in [3.8, 4) is 0 Å². The molecule has 106 valence electrons. The number of nitrogens with zero attached hydrogens (tertiary/aromatic N) is 1. The highest BCUT2D eigenvalue weighted by Gasteiger charge is 2.32. The van der Waals surface area contributed by atoms with E-state index in [4.69, 9.17) is 4.74 Å². The van der Waals surface area contributed by atoms with Gasteiger partial charge in [0.15, 0.2) is 0 Å². The first kappa shape index (κ1) is 14.3. The lowest BCUT2D eigenvalue weighted by molar-refractivity contribution is -0.0797. The summed E-state index contributed by atoms with van der Waals surface area (Å²) in [5, 5.41) is 3.89. The normalized spacial score (nSPS) is 35.8. The van der Waals surface area contributed by atoms with Crippen LogP contribution in [0, 0.1) is 0 Å². The number of likely N-dealkylation sites (tertiary alicyclic amines) is 1. The lowest BCUT2D eigenvalue weighted by Crippen LogP contribution is -2.51. The maximum atomic E-state index is 5.92. The smallest absolute Gasteiger partial charge is 0.0666 e. The molecule has 0 aromatic heterocycles. The van der Waals surface area contributed by atoms with E-state index in [1.165, 1.54) is 45.3 Å². The molecule has 3 heteroatoms. The van der Waals surface area contributed by atoms with Crippen molar-refractivity contribution in [2.75, 3.05) is 26.2 Å². The fourth-order valence-corrected chi connectivity index (χ4v) is 3.27. The van der Waals surface area contributed by atoms with Gasteiger partial charge in [0.1, 0.15) is 0 Å². The van der Waals surface area contributed by atoms with E-state index in [0.717, 1.165) is 19.1 Å². The second-order valence-electron chi connectivity index (χ2n) is 6.22. The Morgan fingerprint density at radius 1 is 1.17 bits per heavy atom. The molecule has 0 saturated carbocycles. The predicted octanol–water partition coefficient (Wildman–Crippen LogP) is 2.41. The van der Waals surface area contributed by atoms with Crippen LogP contribution in [0.4, 0.5) is 0 Å². The van der Waals surface area contributed by atoms with Gasteiger partial charge in [-0.15, -0.1) is 0 Å². The summed E-state index contributed by atoms with van der Waals surface area (Å²) in [5.41, 5.74) is 0.111. The molecule has 0 aromatic carbocycles. The van der Waals surface area contributed by atoms with Gasteiger partial charge >= 0.3 is 0 Å². The summed E-state index contributed by atoms with van der Waals surface area (Å²) < 4.78 is 5.92. The number of hydrogen-bond acceptors (Lipinski definition) is 3. The van der Waals surface area contributed by atoms with E-state index in [-0.39, 0.29) is 5.60 Å². The Morgan fingerprint density at radius 3 is 2.50 bits per heavy atom. The van der Waals surface area contributed by atoms with Crippen molar-refractivity contribution in [3.63, 3.8) is 0 Å². The number of rotatable bonds is 4. The molecule has 2 aliphatic heterocycles. The Hall–Kier alpha value is -0.120. The molecule has 2 aliphatic rings. The minimum absolute atomic E-state index is 0.111. The van der Waals surface area contributed by atoms with Gasteiger partial charge in [0.05, 0.1) is 5.60 Å². The summed E-state index contributed by atoms with van der Waals surface area (Å²) in [7, 11) is 0. The minimum atomic E-state index is 0.111. The molecule has 2 atom stereocenters. The highest BCUT2D eigenvalue weighted by Crippen LogP contribution is 2.28. The van der Waals surface area contributed by atoms with Crippen LogP contribution < -0.4 is 5.32 Å². The van der Waals surface area contributed by atoms with Gasteiger partial charge in [0, 0.05) is 18.7 Å². The van der Waals surface area contributed by atoms with Crippen LogP contribution in [0.5, 0.6) is 0 Å². The average molecular weight is 254 g/mol. The monoisotopic (exact) mass is 254 g/mol. The highest BCUT2D eigenvalue weighted by molar-refractivity contribution is 4.88. The van der Waals surface area contributed by atoms with Crippen LogP contribution in [0.15, 0.2) is 0 Å². The van der Waals surface area contributed by atoms with Gasteiger partial charge in [-0.3, -0.25) is 0 Å². The first-order chi connectivity index (χ1) is 8.65. The van der Waals surface area contributed by atoms with Crippen molar-refractivity contribution in [2.24, 2.45) is 0 Å². The number of piperidine rings is 1. The quantitative estimate of drug-likeness (QED) is 0.834. The maximum absolute atomic E-state index is 5.92. The fourth-order valence-electron chi connectivity index (χ4n) is 3.27. The summed E-state index contributed by atoms with van der Waals surface area (Å²) in [6.45, 7) is 11.4. The van der Waals surface area contributed by atoms with E-state index >= 15 is 0 Å². The second kappa shape index (κ2) is 6.36. The topological polar surface area (TPSA) is 24.5 Å². The molecule has 0 aliphatic carbocycles. The Morgan fingerprint density at radius 2 is 1.89 bits per heavy atom. The number of ether oxygens (including phenoxy) is 1. The zero-order chi connectivity index (χ0) is 13.0. The molecule has 0 spiro atoms. The van der Waals surface area contributed by atoms with Gasteiger partial charge in [-0.1, -0.05) is 13.8 Å². The first-order valence-corrected chi connectivity index (χ1v) is 7.77. The third-order valence-electron chi connectivity index (χ3n) is 4.85. The molecular weight excluding hydrogens is 224 g/mol. The third-order valence-corrected chi connectivity index (χ3v) is 4.85. The second-order valence-corrected chi connectivity index (χ2v) is 6.22. The average Bonchev–Trinajstić information content (AvgIpc) is 2.40. The standard InChI is InChI=1S/C15H30N2O/c1-4-15(3)12-14(8-11-18-15)16-13-6-9-17(5-2)10-7-13/h13-14,16H,4-12H2,1-3H3. The molecule has 1 N–H and O–H groups in total. The summed E-state index contributed by atoms with van der Waals surface area (Å²) >= 11 is 0. The Labute approximate surface area is 112 Å². The molecule has 2 fully saturated rings. The number of hydrogen-bond donors (Lipinski definition) is 1. The molecule has 2 saturated heterocycles. The molecule has 2 rings (SSSR count). The zero-order valence-corrected chi connectivity index (χ0v) is 12.4. The van der Waals surface area contributed by atoms with Gasteiger partial charge in [-0.25, -0.2) is 0 Å². The van der Waals surface area contributed by atoms with Gasteiger partial charge in [0.25, 0.3) is 0 Å². The lowest BCUT2D eigenvalue weighted by atomic mass is 9.89. The fraction of sp³-hybridized carbons (Fsp3) is 1.00. The predicted molar refractivity (Wildman–Crippen MR) is 75.9 cm³/mol. The summed E-state index contributed by atoms with van der Waals surface area (Å²) in [5.74, 6) is 0. The highest BCUT2D eigenvalue weighted by atomic mass is 16.5. The Bertz CT molecular complexity index is 251. The summed E-state index contributed by atoms with van der Waals surface area (Å²) in [4.78, 5) is 2.55. The molecule has 0 radical (unpaired) electrons. The van der Waals surface area contributed by atoms with Crippen LogP contribution >= 0.6 is 0 Å². The van der Waals surface area contributed by atoms with E-state index in [0.29, 0.717) is 6.04 Å². The van der Waals surface area contributed by atoms with E-state index < -0.39 is 0 Å². The van der Waals surface area contributed by atoms with Crippen molar-refractivity contribution >= 4 is 0 Å². The van der Waals surface area contributed by atoms with Crippen LogP contribution in [-0.2, 0) is 4.74 Å². The molecule has 0 bridgehead atoms. The SMILES string of the molecule is CCN1CCC(NC2CCOC(C)(CC)C2)CC1. The van der Waals surface area contributed by atoms with Gasteiger partial charge < -0.3 is 15.0 Å². The van der Waals surface area contributed by atoms with Crippen molar-refractivity contribution in [1.29, 1.82) is 0 Å². The van der Waals surface area contributed by atoms with Crippen molar-refractivity contribution in [2.45, 2.75) is 70.6 Å². The molecule has 0 aromatic rings. The molecule has 18 heavy (non-hydrogen) atoms. The van der Waals surface area contributed by atoms with Crippen molar-refractivity contribution in [3.05, 3.63) is 0 Å². The summed E-state index contributed by atoms with van der Waals surface area (Å²) in [6.07, 6.45) is 6.11. The molecule has 2 heterocycles. The van der Waals surface area contributed by atoms with Crippen LogP contribution in [0.1, 0.15) is 52.9 Å². The van der Waals surface area contributed by atoms with Crippen LogP contribution in [0.2, 0.25) is 0 Å². The van der Waals surface area contributed by atoms with Gasteiger partial charge in [-0.2, -0.15) is 0 Å². The van der Waals surface area contributed by atoms with Gasteiger partial charge in [0.2, 0.25) is 0 Å². The molecule has 3 nitrogen and oxygen atoms in total. The summed E-state index contributed by atoms with van der Waals surface area (Å²) in [6, 6.07) is 1.40. The van der Waals surface area contributed by atoms with E-state index in [2.05, 4.69) is 31.0 Å². The van der Waals surface area contributed by atoms with Crippen LogP contribution in [-0.4, -0.2) is 48.8 Å². The maximum Gasteiger partial charge on any atom is 0.0666 e. The Kier molecular flexibility index (Phi) is 5.05. The zero-order valence-electron chi connectivity index (χ0n) is 12.4. The third kappa shape index (κ3) is 3.69. The number of nitrogens with one attached hydrogen (secondary N) is 1. The Balaban J connectivity index is 1.76. The van der Waals surface area contributed by atoms with Crippen LogP contribution in [0.25, 0.3) is 0 Å². The van der Waals surface area contributed by atoms with E-state index in [9.17, 15) is 0 Å². The van der Waals surface area contributed by atoms with Crippen molar-refractivity contribution in [1.82, 2.24) is 10.2 Å². The lowest BCUT2D eigenvalue weighted by Gasteiger charge is -2.41. The molecular formula is C15H30N2O. The van der Waals surface area contributed by atoms with Crippen LogP contribution in [0.3, 0.4) is 0 Å².